The van der Waals surface area contributed by atoms with Crippen LogP contribution in [0.2, 0.25) is 0 Å². The van der Waals surface area contributed by atoms with Gasteiger partial charge >= 0.3 is 0 Å². The van der Waals surface area contributed by atoms with Gasteiger partial charge in [0.1, 0.15) is 6.29 Å². The van der Waals surface area contributed by atoms with Crippen LogP contribution >= 0.6 is 11.3 Å². The molecule has 0 saturated heterocycles. The number of thiazole rings is 1. The van der Waals surface area contributed by atoms with Gasteiger partial charge in [-0.3, -0.25) is 4.79 Å². The number of carbonyl (C=O) groups excluding carboxylic acids is 2. The Kier molecular flexibility index (Phi) is 5.52. The molecular formula is C22H25N3O2S. The Bertz CT molecular complexity index is 1030. The van der Waals surface area contributed by atoms with Crippen LogP contribution in [-0.2, 0) is 4.79 Å². The summed E-state index contributed by atoms with van der Waals surface area (Å²) in [5, 5.41) is 6.99. The zero-order valence-electron chi connectivity index (χ0n) is 16.8. The third-order valence-electron chi connectivity index (χ3n) is 4.58. The maximum Gasteiger partial charge on any atom is 0.255 e. The minimum Gasteiger partial charge on any atom is -0.361 e. The maximum atomic E-state index is 12.8. The van der Waals surface area contributed by atoms with Crippen LogP contribution in [0.5, 0.6) is 0 Å². The van der Waals surface area contributed by atoms with Crippen LogP contribution in [0.1, 0.15) is 40.9 Å². The third-order valence-corrected chi connectivity index (χ3v) is 5.56. The van der Waals surface area contributed by atoms with E-state index in [2.05, 4.69) is 27.8 Å². The lowest BCUT2D eigenvalue weighted by Crippen LogP contribution is -2.24. The lowest BCUT2D eigenvalue weighted by atomic mass is 9.96. The highest BCUT2D eigenvalue weighted by Crippen LogP contribution is 2.28. The van der Waals surface area contributed by atoms with Crippen molar-refractivity contribution in [2.24, 2.45) is 5.41 Å². The summed E-state index contributed by atoms with van der Waals surface area (Å²) in [6.45, 7) is 10.3. The SMILES string of the molecule is Cc1cc(C)c(NC(=O)c2ccc3nc(NCC(C)(C)C=O)sc3c2)c(C)c1. The molecule has 3 rings (SSSR count). The van der Waals surface area contributed by atoms with E-state index in [1.54, 1.807) is 6.07 Å². The third kappa shape index (κ3) is 4.39. The number of nitrogens with zero attached hydrogens (tertiary/aromatic N) is 1. The molecule has 0 saturated carbocycles. The average molecular weight is 396 g/mol. The van der Waals surface area contributed by atoms with Crippen molar-refractivity contribution in [2.45, 2.75) is 34.6 Å². The molecular weight excluding hydrogens is 370 g/mol. The standard InChI is InChI=1S/C22H25N3O2S/c1-13-8-14(2)19(15(3)9-13)25-20(27)16-6-7-17-18(10-16)28-21(24-17)23-11-22(4,5)12-26/h6-10,12H,11H2,1-5H3,(H,23,24)(H,25,27). The van der Waals surface area contributed by atoms with E-state index in [1.165, 1.54) is 16.9 Å². The van der Waals surface area contributed by atoms with E-state index in [0.717, 1.165) is 38.4 Å². The molecule has 2 aromatic carbocycles. The molecule has 1 heterocycles. The minimum absolute atomic E-state index is 0.137. The summed E-state index contributed by atoms with van der Waals surface area (Å²) in [6, 6.07) is 9.62. The number of anilines is 2. The molecule has 5 nitrogen and oxygen atoms in total. The molecule has 28 heavy (non-hydrogen) atoms. The molecule has 0 aliphatic rings. The molecule has 1 aromatic heterocycles. The molecule has 0 fully saturated rings. The van der Waals surface area contributed by atoms with Gasteiger partial charge in [-0.25, -0.2) is 4.98 Å². The normalized spacial score (nSPS) is 11.5. The Labute approximate surface area is 169 Å². The predicted octanol–water partition coefficient (Wildman–Crippen LogP) is 5.11. The molecule has 0 aliphatic heterocycles. The van der Waals surface area contributed by atoms with Gasteiger partial charge in [-0.2, -0.15) is 0 Å². The first-order valence-corrected chi connectivity index (χ1v) is 10.0. The molecule has 1 amide bonds. The van der Waals surface area contributed by atoms with Crippen molar-refractivity contribution in [2.75, 3.05) is 17.2 Å². The van der Waals surface area contributed by atoms with Crippen molar-refractivity contribution in [1.82, 2.24) is 4.98 Å². The highest BCUT2D eigenvalue weighted by Gasteiger charge is 2.17. The van der Waals surface area contributed by atoms with Crippen LogP contribution in [0.25, 0.3) is 10.2 Å². The quantitative estimate of drug-likeness (QED) is 0.569. The predicted molar refractivity (Wildman–Crippen MR) is 117 cm³/mol. The van der Waals surface area contributed by atoms with Crippen molar-refractivity contribution >= 4 is 44.6 Å². The number of rotatable bonds is 6. The number of hydrogen-bond acceptors (Lipinski definition) is 5. The van der Waals surface area contributed by atoms with Crippen LogP contribution < -0.4 is 10.6 Å². The van der Waals surface area contributed by atoms with Crippen molar-refractivity contribution in [3.05, 3.63) is 52.6 Å². The fourth-order valence-electron chi connectivity index (χ4n) is 3.05. The number of hydrogen-bond donors (Lipinski definition) is 2. The number of aromatic nitrogens is 1. The Morgan fingerprint density at radius 1 is 1.14 bits per heavy atom. The summed E-state index contributed by atoms with van der Waals surface area (Å²) >= 11 is 1.48. The second-order valence-electron chi connectivity index (χ2n) is 7.89. The smallest absolute Gasteiger partial charge is 0.255 e. The molecule has 0 atom stereocenters. The van der Waals surface area contributed by atoms with E-state index >= 15 is 0 Å². The fraction of sp³-hybridized carbons (Fsp3) is 0.318. The van der Waals surface area contributed by atoms with Crippen molar-refractivity contribution in [3.8, 4) is 0 Å². The summed E-state index contributed by atoms with van der Waals surface area (Å²) in [5.74, 6) is -0.137. The Balaban J connectivity index is 1.80. The van der Waals surface area contributed by atoms with E-state index in [9.17, 15) is 9.59 Å². The largest absolute Gasteiger partial charge is 0.361 e. The monoisotopic (exact) mass is 395 g/mol. The first-order valence-electron chi connectivity index (χ1n) is 9.18. The molecule has 0 bridgehead atoms. The van der Waals surface area contributed by atoms with Crippen LogP contribution in [0, 0.1) is 26.2 Å². The van der Waals surface area contributed by atoms with Gasteiger partial charge in [0, 0.05) is 23.2 Å². The van der Waals surface area contributed by atoms with Gasteiger partial charge in [-0.05, 0) is 50.1 Å². The fourth-order valence-corrected chi connectivity index (χ4v) is 3.95. The lowest BCUT2D eigenvalue weighted by Gasteiger charge is -2.16. The zero-order valence-corrected chi connectivity index (χ0v) is 17.7. The lowest BCUT2D eigenvalue weighted by molar-refractivity contribution is -0.114. The number of nitrogens with one attached hydrogen (secondary N) is 2. The highest BCUT2D eigenvalue weighted by atomic mass is 32.1. The van der Waals surface area contributed by atoms with Crippen LogP contribution in [0.15, 0.2) is 30.3 Å². The van der Waals surface area contributed by atoms with E-state index in [-0.39, 0.29) is 5.91 Å². The number of aryl methyl sites for hydroxylation is 3. The van der Waals surface area contributed by atoms with Crippen LogP contribution in [0.4, 0.5) is 10.8 Å². The van der Waals surface area contributed by atoms with Gasteiger partial charge in [-0.15, -0.1) is 0 Å². The number of carbonyl (C=O) groups is 2. The van der Waals surface area contributed by atoms with E-state index in [4.69, 9.17) is 0 Å². The first kappa shape index (κ1) is 20.0. The van der Waals surface area contributed by atoms with Gasteiger partial charge in [0.2, 0.25) is 0 Å². The summed E-state index contributed by atoms with van der Waals surface area (Å²) in [7, 11) is 0. The molecule has 2 N–H and O–H groups in total. The maximum absolute atomic E-state index is 12.8. The number of amides is 1. The molecule has 3 aromatic rings. The Morgan fingerprint density at radius 2 is 1.82 bits per heavy atom. The van der Waals surface area contributed by atoms with E-state index in [0.29, 0.717) is 12.1 Å². The van der Waals surface area contributed by atoms with Crippen molar-refractivity contribution < 1.29 is 9.59 Å². The topological polar surface area (TPSA) is 71.1 Å². The zero-order chi connectivity index (χ0) is 20.5. The van der Waals surface area contributed by atoms with Gasteiger partial charge < -0.3 is 15.4 Å². The van der Waals surface area contributed by atoms with Gasteiger partial charge in [-0.1, -0.05) is 42.9 Å². The molecule has 0 radical (unpaired) electrons. The Morgan fingerprint density at radius 3 is 2.46 bits per heavy atom. The number of aldehydes is 1. The molecule has 0 spiro atoms. The van der Waals surface area contributed by atoms with E-state index in [1.807, 2.05) is 46.8 Å². The van der Waals surface area contributed by atoms with Crippen LogP contribution in [-0.4, -0.2) is 23.7 Å². The van der Waals surface area contributed by atoms with Crippen molar-refractivity contribution in [3.63, 3.8) is 0 Å². The summed E-state index contributed by atoms with van der Waals surface area (Å²) in [4.78, 5) is 28.4. The van der Waals surface area contributed by atoms with E-state index < -0.39 is 5.41 Å². The number of fused-ring (bicyclic) bond motifs is 1. The molecule has 0 aliphatic carbocycles. The molecule has 146 valence electrons. The summed E-state index contributed by atoms with van der Waals surface area (Å²) in [5.41, 5.74) is 5.11. The molecule has 0 unspecified atom stereocenters. The highest BCUT2D eigenvalue weighted by molar-refractivity contribution is 7.22. The average Bonchev–Trinajstić information content (AvgIpc) is 3.05. The Hall–Kier alpha value is -2.73. The van der Waals surface area contributed by atoms with Gasteiger partial charge in [0.15, 0.2) is 5.13 Å². The number of benzene rings is 2. The van der Waals surface area contributed by atoms with Gasteiger partial charge in [0.05, 0.1) is 10.2 Å². The molecule has 6 heteroatoms. The minimum atomic E-state index is -0.452. The van der Waals surface area contributed by atoms with Gasteiger partial charge in [0.25, 0.3) is 5.91 Å². The summed E-state index contributed by atoms with van der Waals surface area (Å²) < 4.78 is 0.927. The second-order valence-corrected chi connectivity index (χ2v) is 8.92. The second kappa shape index (κ2) is 7.72. The van der Waals surface area contributed by atoms with Crippen molar-refractivity contribution in [1.29, 1.82) is 0 Å². The first-order chi connectivity index (χ1) is 13.2. The van der Waals surface area contributed by atoms with Crippen LogP contribution in [0.3, 0.4) is 0 Å². The summed E-state index contributed by atoms with van der Waals surface area (Å²) in [6.07, 6.45) is 0.935.